The zero-order chi connectivity index (χ0) is 12.3. The fourth-order valence-electron chi connectivity index (χ4n) is 1.95. The Morgan fingerprint density at radius 2 is 2.06 bits per heavy atom. The number of phenolic OH excluding ortho intramolecular Hbond substituents is 1. The molecule has 0 bridgehead atoms. The van der Waals surface area contributed by atoms with E-state index < -0.39 is 0 Å². The molecule has 1 saturated heterocycles. The quantitative estimate of drug-likeness (QED) is 0.520. The highest BCUT2D eigenvalue weighted by molar-refractivity contribution is 14.1. The number of phenols is 1. The van der Waals surface area contributed by atoms with E-state index in [2.05, 4.69) is 22.6 Å². The second-order valence-corrected chi connectivity index (χ2v) is 5.89. The van der Waals surface area contributed by atoms with Gasteiger partial charge in [-0.1, -0.05) is 34.7 Å². The summed E-state index contributed by atoms with van der Waals surface area (Å²) in [4.78, 5) is 11.2. The van der Waals surface area contributed by atoms with Gasteiger partial charge >= 0.3 is 5.97 Å². The number of rotatable bonds is 3. The molecule has 0 aliphatic carbocycles. The highest BCUT2D eigenvalue weighted by Crippen LogP contribution is 2.26. The first-order valence-electron chi connectivity index (χ1n) is 5.76. The van der Waals surface area contributed by atoms with Gasteiger partial charge in [0, 0.05) is 10.3 Å². The Kier molecular flexibility index (Phi) is 4.25. The van der Waals surface area contributed by atoms with E-state index in [-0.39, 0.29) is 17.8 Å². The number of alkyl halides is 1. The number of carbonyl (C=O) groups excluding carboxylic acids is 1. The summed E-state index contributed by atoms with van der Waals surface area (Å²) >= 11 is 2.36. The van der Waals surface area contributed by atoms with Crippen LogP contribution in [0.5, 0.6) is 5.75 Å². The molecule has 1 N–H and O–H groups in total. The maximum atomic E-state index is 11.2. The Hall–Kier alpha value is -0.780. The van der Waals surface area contributed by atoms with Gasteiger partial charge in [-0.3, -0.25) is 4.79 Å². The van der Waals surface area contributed by atoms with E-state index in [1.54, 1.807) is 12.1 Å². The number of ether oxygens (including phenoxy) is 1. The summed E-state index contributed by atoms with van der Waals surface area (Å²) < 4.78 is 5.77. The van der Waals surface area contributed by atoms with Gasteiger partial charge in [0.1, 0.15) is 11.9 Å². The highest BCUT2D eigenvalue weighted by Gasteiger charge is 2.28. The normalized spacial score (nSPS) is 24.4. The monoisotopic (exact) mass is 346 g/mol. The molecule has 0 spiro atoms. The molecule has 3 nitrogen and oxygen atoms in total. The fourth-order valence-corrected chi connectivity index (χ4v) is 2.77. The number of esters is 1. The van der Waals surface area contributed by atoms with Gasteiger partial charge in [0.25, 0.3) is 0 Å². The van der Waals surface area contributed by atoms with Gasteiger partial charge in [-0.25, -0.2) is 0 Å². The Morgan fingerprint density at radius 1 is 1.35 bits per heavy atom. The lowest BCUT2D eigenvalue weighted by Crippen LogP contribution is -2.33. The summed E-state index contributed by atoms with van der Waals surface area (Å²) in [7, 11) is 0. The van der Waals surface area contributed by atoms with E-state index >= 15 is 0 Å². The van der Waals surface area contributed by atoms with Crippen LogP contribution in [0.4, 0.5) is 0 Å². The van der Waals surface area contributed by atoms with Crippen molar-refractivity contribution in [2.45, 2.75) is 35.7 Å². The molecule has 1 fully saturated rings. The lowest BCUT2D eigenvalue weighted by atomic mass is 10.0. The van der Waals surface area contributed by atoms with E-state index in [0.29, 0.717) is 10.3 Å². The number of hydrogen-bond donors (Lipinski definition) is 1. The summed E-state index contributed by atoms with van der Waals surface area (Å²) in [6.45, 7) is 0. The average molecular weight is 346 g/mol. The predicted octanol–water partition coefficient (Wildman–Crippen LogP) is 2.83. The number of aryl methyl sites for hydroxylation is 1. The summed E-state index contributed by atoms with van der Waals surface area (Å²) in [6, 6.07) is 7.18. The lowest BCUT2D eigenvalue weighted by molar-refractivity contribution is -0.153. The zero-order valence-corrected chi connectivity index (χ0v) is 11.6. The third-order valence-electron chi connectivity index (χ3n) is 2.96. The first kappa shape index (κ1) is 12.7. The van der Waals surface area contributed by atoms with Crippen LogP contribution in [0, 0.1) is 0 Å². The van der Waals surface area contributed by atoms with Crippen molar-refractivity contribution in [3.63, 3.8) is 0 Å². The Balaban J connectivity index is 1.88. The summed E-state index contributed by atoms with van der Waals surface area (Å²) in [5, 5.41) is 9.18. The van der Waals surface area contributed by atoms with Gasteiger partial charge in [-0.2, -0.15) is 0 Å². The fraction of sp³-hybridized carbons (Fsp3) is 0.462. The van der Waals surface area contributed by atoms with Crippen molar-refractivity contribution in [1.82, 2.24) is 0 Å². The average Bonchev–Trinajstić information content (AvgIpc) is 2.32. The smallest absolute Gasteiger partial charge is 0.306 e. The summed E-state index contributed by atoms with van der Waals surface area (Å²) in [5.41, 5.74) is 1.16. The molecule has 4 heteroatoms. The molecule has 1 aromatic rings. The van der Waals surface area contributed by atoms with Crippen LogP contribution >= 0.6 is 22.6 Å². The van der Waals surface area contributed by atoms with Gasteiger partial charge in [-0.15, -0.1) is 0 Å². The lowest BCUT2D eigenvalue weighted by Gasteiger charge is -2.27. The molecule has 0 saturated carbocycles. The van der Waals surface area contributed by atoms with Crippen LogP contribution in [0.25, 0.3) is 0 Å². The molecule has 0 aromatic heterocycles. The van der Waals surface area contributed by atoms with E-state index in [9.17, 15) is 9.90 Å². The third-order valence-corrected chi connectivity index (χ3v) is 4.39. The van der Waals surface area contributed by atoms with E-state index in [4.69, 9.17) is 4.74 Å². The topological polar surface area (TPSA) is 46.5 Å². The largest absolute Gasteiger partial charge is 0.508 e. The minimum Gasteiger partial charge on any atom is -0.508 e. The van der Waals surface area contributed by atoms with Crippen molar-refractivity contribution >= 4 is 28.6 Å². The summed E-state index contributed by atoms with van der Waals surface area (Å²) in [6.07, 6.45) is 3.22. The van der Waals surface area contributed by atoms with Crippen molar-refractivity contribution in [3.8, 4) is 5.75 Å². The third kappa shape index (κ3) is 3.59. The number of carbonyl (C=O) groups is 1. The molecule has 1 aliphatic rings. The molecule has 0 unspecified atom stereocenters. The Labute approximate surface area is 114 Å². The van der Waals surface area contributed by atoms with Crippen LogP contribution in [-0.4, -0.2) is 21.1 Å². The van der Waals surface area contributed by atoms with Crippen molar-refractivity contribution < 1.29 is 14.6 Å². The number of aromatic hydroxyl groups is 1. The SMILES string of the molecule is O=C1CC[C@@H](I)[C@H](CCc2ccc(O)cc2)O1. The number of hydrogen-bond acceptors (Lipinski definition) is 3. The molecule has 17 heavy (non-hydrogen) atoms. The predicted molar refractivity (Wildman–Crippen MR) is 73.3 cm³/mol. The molecule has 1 aliphatic heterocycles. The van der Waals surface area contributed by atoms with Gasteiger partial charge in [-0.05, 0) is 37.0 Å². The van der Waals surface area contributed by atoms with Crippen molar-refractivity contribution in [2.75, 3.05) is 0 Å². The van der Waals surface area contributed by atoms with Crippen LogP contribution in [-0.2, 0) is 16.0 Å². The molecule has 0 radical (unpaired) electrons. The first-order chi connectivity index (χ1) is 8.15. The highest BCUT2D eigenvalue weighted by atomic mass is 127. The van der Waals surface area contributed by atoms with E-state index in [1.165, 1.54) is 0 Å². The van der Waals surface area contributed by atoms with Gasteiger partial charge in [0.2, 0.25) is 0 Å². The van der Waals surface area contributed by atoms with Gasteiger partial charge in [0.15, 0.2) is 0 Å². The van der Waals surface area contributed by atoms with E-state index in [0.717, 1.165) is 24.8 Å². The standard InChI is InChI=1S/C13H15IO3/c14-11-6-8-13(16)17-12(11)7-3-9-1-4-10(15)5-2-9/h1-2,4-5,11-12,15H,3,6-8H2/t11-,12+/m1/s1. The maximum absolute atomic E-state index is 11.2. The Morgan fingerprint density at radius 3 is 2.76 bits per heavy atom. The Bertz CT molecular complexity index is 388. The molecule has 1 heterocycles. The molecular formula is C13H15IO3. The maximum Gasteiger partial charge on any atom is 0.306 e. The molecular weight excluding hydrogens is 331 g/mol. The number of cyclic esters (lactones) is 1. The molecule has 2 atom stereocenters. The van der Waals surface area contributed by atoms with Crippen molar-refractivity contribution in [3.05, 3.63) is 29.8 Å². The minimum atomic E-state index is -0.0753. The van der Waals surface area contributed by atoms with Crippen molar-refractivity contribution in [2.24, 2.45) is 0 Å². The second kappa shape index (κ2) is 5.71. The number of benzene rings is 1. The van der Waals surface area contributed by atoms with Crippen LogP contribution in [0.3, 0.4) is 0 Å². The number of halogens is 1. The molecule has 2 rings (SSSR count). The first-order valence-corrected chi connectivity index (χ1v) is 7.01. The van der Waals surface area contributed by atoms with Crippen LogP contribution in [0.2, 0.25) is 0 Å². The minimum absolute atomic E-state index is 0.0330. The zero-order valence-electron chi connectivity index (χ0n) is 9.43. The van der Waals surface area contributed by atoms with Crippen LogP contribution < -0.4 is 0 Å². The van der Waals surface area contributed by atoms with Crippen molar-refractivity contribution in [1.29, 1.82) is 0 Å². The molecule has 92 valence electrons. The van der Waals surface area contributed by atoms with Gasteiger partial charge < -0.3 is 9.84 Å². The summed E-state index contributed by atoms with van der Waals surface area (Å²) in [5.74, 6) is 0.207. The van der Waals surface area contributed by atoms with E-state index in [1.807, 2.05) is 12.1 Å². The molecule has 1 aromatic carbocycles. The van der Waals surface area contributed by atoms with Crippen LogP contribution in [0.15, 0.2) is 24.3 Å². The van der Waals surface area contributed by atoms with Crippen LogP contribution in [0.1, 0.15) is 24.8 Å². The molecule has 0 amide bonds. The van der Waals surface area contributed by atoms with Gasteiger partial charge in [0.05, 0.1) is 0 Å². The second-order valence-electron chi connectivity index (χ2n) is 4.29.